The summed E-state index contributed by atoms with van der Waals surface area (Å²) in [5.41, 5.74) is 1.63. The van der Waals surface area contributed by atoms with Crippen molar-refractivity contribution in [2.24, 2.45) is 0 Å². The minimum atomic E-state index is 0.198. The molecule has 1 heterocycles. The van der Waals surface area contributed by atoms with Crippen molar-refractivity contribution >= 4 is 37.4 Å². The molecule has 1 N–H and O–H groups in total. The zero-order valence-corrected chi connectivity index (χ0v) is 9.52. The molecule has 1 aromatic heterocycles. The SMILES string of the molecule is N#Cc1ccc(CBr)c2scc(O)c12. The molecule has 0 saturated carbocycles. The van der Waals surface area contributed by atoms with Crippen molar-refractivity contribution in [1.82, 2.24) is 0 Å². The Kier molecular flexibility index (Phi) is 2.44. The predicted octanol–water partition coefficient (Wildman–Crippen LogP) is 3.37. The van der Waals surface area contributed by atoms with E-state index in [0.717, 1.165) is 15.6 Å². The van der Waals surface area contributed by atoms with Gasteiger partial charge in [0.2, 0.25) is 0 Å². The van der Waals surface area contributed by atoms with Crippen LogP contribution < -0.4 is 0 Å². The average molecular weight is 268 g/mol. The van der Waals surface area contributed by atoms with E-state index in [1.807, 2.05) is 6.07 Å². The number of rotatable bonds is 1. The Hall–Kier alpha value is -1.05. The summed E-state index contributed by atoms with van der Waals surface area (Å²) >= 11 is 4.84. The van der Waals surface area contributed by atoms with E-state index in [-0.39, 0.29) is 5.75 Å². The number of hydrogen-bond donors (Lipinski definition) is 1. The van der Waals surface area contributed by atoms with Crippen LogP contribution in [0.15, 0.2) is 17.5 Å². The molecular weight excluding hydrogens is 262 g/mol. The summed E-state index contributed by atoms with van der Waals surface area (Å²) in [6.45, 7) is 0. The van der Waals surface area contributed by atoms with Gasteiger partial charge in [0.05, 0.1) is 17.0 Å². The van der Waals surface area contributed by atoms with Gasteiger partial charge in [0.1, 0.15) is 5.75 Å². The highest BCUT2D eigenvalue weighted by atomic mass is 79.9. The quantitative estimate of drug-likeness (QED) is 0.806. The molecule has 0 radical (unpaired) electrons. The standard InChI is InChI=1S/C10H6BrNOS/c11-3-6-1-2-7(4-12)9-8(13)5-14-10(6)9/h1-2,5,13H,3H2. The van der Waals surface area contributed by atoms with Crippen LogP contribution in [0.1, 0.15) is 11.1 Å². The summed E-state index contributed by atoms with van der Waals surface area (Å²) in [5.74, 6) is 0.198. The van der Waals surface area contributed by atoms with Gasteiger partial charge in [-0.3, -0.25) is 0 Å². The van der Waals surface area contributed by atoms with Gasteiger partial charge in [-0.2, -0.15) is 5.26 Å². The van der Waals surface area contributed by atoms with E-state index in [4.69, 9.17) is 5.26 Å². The van der Waals surface area contributed by atoms with E-state index in [1.165, 1.54) is 11.3 Å². The summed E-state index contributed by atoms with van der Waals surface area (Å²) in [6.07, 6.45) is 0. The minimum Gasteiger partial charge on any atom is -0.506 e. The highest BCUT2D eigenvalue weighted by molar-refractivity contribution is 9.08. The summed E-state index contributed by atoms with van der Waals surface area (Å²) in [5, 5.41) is 21.5. The Balaban J connectivity index is 2.89. The van der Waals surface area contributed by atoms with E-state index in [2.05, 4.69) is 22.0 Å². The van der Waals surface area contributed by atoms with Gasteiger partial charge in [-0.05, 0) is 11.6 Å². The van der Waals surface area contributed by atoms with Crippen molar-refractivity contribution in [1.29, 1.82) is 5.26 Å². The highest BCUT2D eigenvalue weighted by Gasteiger charge is 2.10. The number of nitrogens with zero attached hydrogens (tertiary/aromatic N) is 1. The molecule has 14 heavy (non-hydrogen) atoms. The summed E-state index contributed by atoms with van der Waals surface area (Å²) < 4.78 is 0.985. The Morgan fingerprint density at radius 3 is 2.93 bits per heavy atom. The summed E-state index contributed by atoms with van der Waals surface area (Å²) in [6, 6.07) is 5.73. The van der Waals surface area contributed by atoms with Gasteiger partial charge in [-0.1, -0.05) is 22.0 Å². The number of hydrogen-bond acceptors (Lipinski definition) is 3. The number of nitriles is 1. The lowest BCUT2D eigenvalue weighted by molar-refractivity contribution is 0.483. The molecule has 0 spiro atoms. The fourth-order valence-corrected chi connectivity index (χ4v) is 3.01. The molecule has 0 amide bonds. The number of thiophene rings is 1. The van der Waals surface area contributed by atoms with Crippen LogP contribution in [0.5, 0.6) is 5.75 Å². The second-order valence-corrected chi connectivity index (χ2v) is 4.28. The lowest BCUT2D eigenvalue weighted by atomic mass is 10.1. The molecule has 0 aliphatic carbocycles. The maximum absolute atomic E-state index is 9.59. The van der Waals surface area contributed by atoms with E-state index in [9.17, 15) is 5.11 Å². The van der Waals surface area contributed by atoms with Gasteiger partial charge in [0.25, 0.3) is 0 Å². The normalized spacial score (nSPS) is 10.3. The zero-order valence-electron chi connectivity index (χ0n) is 7.12. The number of aromatic hydroxyl groups is 1. The summed E-state index contributed by atoms with van der Waals surface area (Å²) in [7, 11) is 0. The zero-order chi connectivity index (χ0) is 10.1. The number of benzene rings is 1. The number of alkyl halides is 1. The molecule has 0 unspecified atom stereocenters. The molecule has 0 bridgehead atoms. The molecule has 2 aromatic rings. The highest BCUT2D eigenvalue weighted by Crippen LogP contribution is 2.36. The lowest BCUT2D eigenvalue weighted by Crippen LogP contribution is -1.81. The van der Waals surface area contributed by atoms with E-state index in [1.54, 1.807) is 11.4 Å². The molecule has 0 aliphatic rings. The molecule has 0 atom stereocenters. The van der Waals surface area contributed by atoms with E-state index < -0.39 is 0 Å². The molecule has 70 valence electrons. The van der Waals surface area contributed by atoms with Crippen LogP contribution in [0.2, 0.25) is 0 Å². The molecule has 4 heteroatoms. The third-order valence-corrected chi connectivity index (χ3v) is 3.70. The number of halogens is 1. The van der Waals surface area contributed by atoms with Gasteiger partial charge in [0, 0.05) is 15.4 Å². The first-order chi connectivity index (χ1) is 6.77. The van der Waals surface area contributed by atoms with Crippen molar-refractivity contribution in [2.75, 3.05) is 0 Å². The topological polar surface area (TPSA) is 44.0 Å². The predicted molar refractivity (Wildman–Crippen MR) is 60.8 cm³/mol. The second kappa shape index (κ2) is 3.60. The molecule has 0 fully saturated rings. The van der Waals surface area contributed by atoms with Gasteiger partial charge >= 0.3 is 0 Å². The van der Waals surface area contributed by atoms with E-state index >= 15 is 0 Å². The monoisotopic (exact) mass is 267 g/mol. The third kappa shape index (κ3) is 1.29. The summed E-state index contributed by atoms with van der Waals surface area (Å²) in [4.78, 5) is 0. The maximum Gasteiger partial charge on any atom is 0.135 e. The Labute approximate surface area is 93.5 Å². The van der Waals surface area contributed by atoms with Crippen LogP contribution >= 0.6 is 27.3 Å². The smallest absolute Gasteiger partial charge is 0.135 e. The maximum atomic E-state index is 9.59. The van der Waals surface area contributed by atoms with Crippen molar-refractivity contribution in [3.05, 3.63) is 28.6 Å². The first-order valence-corrected chi connectivity index (χ1v) is 5.96. The molecular formula is C10H6BrNOS. The van der Waals surface area contributed by atoms with Crippen molar-refractivity contribution in [2.45, 2.75) is 5.33 Å². The Morgan fingerprint density at radius 2 is 2.29 bits per heavy atom. The fraction of sp³-hybridized carbons (Fsp3) is 0.100. The van der Waals surface area contributed by atoms with Gasteiger partial charge in [-0.25, -0.2) is 0 Å². The first kappa shape index (κ1) is 9.50. The van der Waals surface area contributed by atoms with Gasteiger partial charge in [-0.15, -0.1) is 11.3 Å². The van der Waals surface area contributed by atoms with Crippen LogP contribution in [0.4, 0.5) is 0 Å². The average Bonchev–Trinajstić information content (AvgIpc) is 2.60. The van der Waals surface area contributed by atoms with E-state index in [0.29, 0.717) is 10.9 Å². The number of fused-ring (bicyclic) bond motifs is 1. The van der Waals surface area contributed by atoms with Crippen LogP contribution in [-0.4, -0.2) is 5.11 Å². The molecule has 0 saturated heterocycles. The van der Waals surface area contributed by atoms with Crippen LogP contribution in [-0.2, 0) is 5.33 Å². The van der Waals surface area contributed by atoms with Crippen LogP contribution in [0.25, 0.3) is 10.1 Å². The Bertz CT molecular complexity index is 527. The lowest BCUT2D eigenvalue weighted by Gasteiger charge is -1.99. The van der Waals surface area contributed by atoms with Gasteiger partial charge in [0.15, 0.2) is 0 Å². The van der Waals surface area contributed by atoms with Crippen molar-refractivity contribution in [3.8, 4) is 11.8 Å². The van der Waals surface area contributed by atoms with Crippen molar-refractivity contribution < 1.29 is 5.11 Å². The molecule has 0 aliphatic heterocycles. The molecule has 2 nitrogen and oxygen atoms in total. The Morgan fingerprint density at radius 1 is 1.50 bits per heavy atom. The van der Waals surface area contributed by atoms with Crippen LogP contribution in [0.3, 0.4) is 0 Å². The van der Waals surface area contributed by atoms with Gasteiger partial charge < -0.3 is 5.11 Å². The molecule has 1 aromatic carbocycles. The molecule has 2 rings (SSSR count). The minimum absolute atomic E-state index is 0.198. The largest absolute Gasteiger partial charge is 0.506 e. The third-order valence-electron chi connectivity index (χ3n) is 2.05. The second-order valence-electron chi connectivity index (χ2n) is 2.84. The first-order valence-electron chi connectivity index (χ1n) is 3.96. The fourth-order valence-electron chi connectivity index (χ4n) is 1.39. The van der Waals surface area contributed by atoms with Crippen molar-refractivity contribution in [3.63, 3.8) is 0 Å². The van der Waals surface area contributed by atoms with Crippen LogP contribution in [0, 0.1) is 11.3 Å².